The Bertz CT molecular complexity index is 915. The van der Waals surface area contributed by atoms with Crippen LogP contribution < -0.4 is 5.32 Å². The van der Waals surface area contributed by atoms with E-state index in [1.54, 1.807) is 25.1 Å². The van der Waals surface area contributed by atoms with Crippen LogP contribution >= 0.6 is 35.0 Å². The standard InChI is InChI=1S/C16H12Cl2FN3OS/c1-8(15(23)20-12-5-3-10(19)7-11(12)18)24-16-21-13-4-2-9(17)6-14(13)22-16/h2-8H,1H3,(H,20,23)(H,21,22). The number of hydrogen-bond acceptors (Lipinski definition) is 3. The number of nitrogens with zero attached hydrogens (tertiary/aromatic N) is 1. The minimum absolute atomic E-state index is 0.152. The number of thioether (sulfide) groups is 1. The molecule has 1 atom stereocenters. The molecule has 8 heteroatoms. The molecule has 0 bridgehead atoms. The van der Waals surface area contributed by atoms with E-state index in [1.165, 1.54) is 23.9 Å². The lowest BCUT2D eigenvalue weighted by molar-refractivity contribution is -0.115. The first kappa shape index (κ1) is 17.1. The quantitative estimate of drug-likeness (QED) is 0.614. The van der Waals surface area contributed by atoms with Crippen molar-refractivity contribution >= 4 is 57.6 Å². The summed E-state index contributed by atoms with van der Waals surface area (Å²) in [6.07, 6.45) is 0. The van der Waals surface area contributed by atoms with Crippen LogP contribution in [0.3, 0.4) is 0 Å². The first-order valence-corrected chi connectivity index (χ1v) is 8.64. The second kappa shape index (κ2) is 7.01. The number of imidazole rings is 1. The Labute approximate surface area is 151 Å². The number of benzene rings is 2. The van der Waals surface area contributed by atoms with E-state index in [4.69, 9.17) is 23.2 Å². The summed E-state index contributed by atoms with van der Waals surface area (Å²) >= 11 is 13.1. The number of carbonyl (C=O) groups excluding carboxylic acids is 1. The number of amides is 1. The van der Waals surface area contributed by atoms with Gasteiger partial charge in [-0.3, -0.25) is 4.79 Å². The molecule has 24 heavy (non-hydrogen) atoms. The Morgan fingerprint density at radius 1 is 1.29 bits per heavy atom. The van der Waals surface area contributed by atoms with Crippen LogP contribution in [0.5, 0.6) is 0 Å². The maximum absolute atomic E-state index is 13.0. The monoisotopic (exact) mass is 383 g/mol. The van der Waals surface area contributed by atoms with Crippen molar-refractivity contribution < 1.29 is 9.18 Å². The van der Waals surface area contributed by atoms with Crippen LogP contribution in [-0.4, -0.2) is 21.1 Å². The first-order chi connectivity index (χ1) is 11.4. The van der Waals surface area contributed by atoms with E-state index < -0.39 is 11.1 Å². The molecule has 2 N–H and O–H groups in total. The molecular weight excluding hydrogens is 372 g/mol. The van der Waals surface area contributed by atoms with Crippen molar-refractivity contribution in [2.75, 3.05) is 5.32 Å². The Kier molecular flexibility index (Phi) is 4.99. The summed E-state index contributed by atoms with van der Waals surface area (Å²) < 4.78 is 13.0. The van der Waals surface area contributed by atoms with Crippen molar-refractivity contribution in [3.05, 3.63) is 52.3 Å². The van der Waals surface area contributed by atoms with Gasteiger partial charge in [0.15, 0.2) is 5.16 Å². The van der Waals surface area contributed by atoms with Crippen molar-refractivity contribution in [3.8, 4) is 0 Å². The van der Waals surface area contributed by atoms with Crippen LogP contribution in [0.2, 0.25) is 10.0 Å². The number of halogens is 3. The highest BCUT2D eigenvalue weighted by Crippen LogP contribution is 2.27. The van der Waals surface area contributed by atoms with E-state index in [1.807, 2.05) is 0 Å². The number of carbonyl (C=O) groups is 1. The summed E-state index contributed by atoms with van der Waals surface area (Å²) in [5, 5.41) is 3.62. The zero-order valence-corrected chi connectivity index (χ0v) is 14.8. The molecule has 1 aromatic heterocycles. The maximum atomic E-state index is 13.0. The molecule has 124 valence electrons. The van der Waals surface area contributed by atoms with Crippen LogP contribution in [0.25, 0.3) is 11.0 Å². The molecule has 0 aliphatic rings. The van der Waals surface area contributed by atoms with Gasteiger partial charge in [-0.1, -0.05) is 35.0 Å². The van der Waals surface area contributed by atoms with Gasteiger partial charge in [0.25, 0.3) is 0 Å². The van der Waals surface area contributed by atoms with Gasteiger partial charge in [-0.15, -0.1) is 0 Å². The minimum atomic E-state index is -0.457. The van der Waals surface area contributed by atoms with Crippen LogP contribution in [0, 0.1) is 5.82 Å². The number of hydrogen-bond donors (Lipinski definition) is 2. The molecule has 0 spiro atoms. The van der Waals surface area contributed by atoms with E-state index in [9.17, 15) is 9.18 Å². The molecule has 1 heterocycles. The minimum Gasteiger partial charge on any atom is -0.333 e. The fourth-order valence-corrected chi connectivity index (χ4v) is 3.27. The average molecular weight is 384 g/mol. The Morgan fingerprint density at radius 3 is 2.83 bits per heavy atom. The Balaban J connectivity index is 1.70. The van der Waals surface area contributed by atoms with E-state index in [0.717, 1.165) is 17.1 Å². The van der Waals surface area contributed by atoms with Crippen molar-refractivity contribution in [2.24, 2.45) is 0 Å². The normalized spacial score (nSPS) is 12.3. The van der Waals surface area contributed by atoms with Gasteiger partial charge in [0, 0.05) is 5.02 Å². The summed E-state index contributed by atoms with van der Waals surface area (Å²) in [6.45, 7) is 1.75. The number of anilines is 1. The second-order valence-corrected chi connectivity index (χ2v) is 7.25. The van der Waals surface area contributed by atoms with Gasteiger partial charge in [0.1, 0.15) is 5.82 Å². The van der Waals surface area contributed by atoms with Gasteiger partial charge in [-0.25, -0.2) is 9.37 Å². The number of aromatic nitrogens is 2. The molecule has 0 aliphatic heterocycles. The SMILES string of the molecule is CC(Sc1nc2ccc(Cl)cc2[nH]1)C(=O)Nc1ccc(F)cc1Cl. The number of rotatable bonds is 4. The lowest BCUT2D eigenvalue weighted by atomic mass is 10.3. The Morgan fingerprint density at radius 2 is 2.08 bits per heavy atom. The van der Waals surface area contributed by atoms with E-state index in [-0.39, 0.29) is 10.9 Å². The third-order valence-corrected chi connectivity index (χ3v) is 4.80. The lowest BCUT2D eigenvalue weighted by Gasteiger charge is -2.11. The van der Waals surface area contributed by atoms with Gasteiger partial charge in [-0.2, -0.15) is 0 Å². The summed E-state index contributed by atoms with van der Waals surface area (Å²) in [4.78, 5) is 19.8. The average Bonchev–Trinajstić information content (AvgIpc) is 2.91. The second-order valence-electron chi connectivity index (χ2n) is 5.08. The summed E-state index contributed by atoms with van der Waals surface area (Å²) in [7, 11) is 0. The van der Waals surface area contributed by atoms with Crippen LogP contribution in [-0.2, 0) is 4.79 Å². The number of nitrogens with one attached hydrogen (secondary N) is 2. The zero-order chi connectivity index (χ0) is 17.3. The summed E-state index contributed by atoms with van der Waals surface area (Å²) in [5.74, 6) is -0.714. The van der Waals surface area contributed by atoms with Crippen LogP contribution in [0.1, 0.15) is 6.92 Å². The molecule has 3 aromatic rings. The summed E-state index contributed by atoms with van der Waals surface area (Å²) in [6, 6.07) is 9.15. The molecule has 0 saturated carbocycles. The van der Waals surface area contributed by atoms with Crippen LogP contribution in [0.15, 0.2) is 41.6 Å². The third kappa shape index (κ3) is 3.83. The first-order valence-electron chi connectivity index (χ1n) is 7.00. The van der Waals surface area contributed by atoms with E-state index in [2.05, 4.69) is 15.3 Å². The van der Waals surface area contributed by atoms with E-state index in [0.29, 0.717) is 15.9 Å². The molecule has 2 aromatic carbocycles. The maximum Gasteiger partial charge on any atom is 0.237 e. The van der Waals surface area contributed by atoms with Crippen molar-refractivity contribution in [1.82, 2.24) is 9.97 Å². The highest BCUT2D eigenvalue weighted by atomic mass is 35.5. The van der Waals surface area contributed by atoms with Gasteiger partial charge < -0.3 is 10.3 Å². The predicted molar refractivity (Wildman–Crippen MR) is 96.5 cm³/mol. The predicted octanol–water partition coefficient (Wildman–Crippen LogP) is 5.13. The number of aromatic amines is 1. The number of H-pyrrole nitrogens is 1. The fraction of sp³-hybridized carbons (Fsp3) is 0.125. The topological polar surface area (TPSA) is 57.8 Å². The summed E-state index contributed by atoms with van der Waals surface area (Å²) in [5.41, 5.74) is 1.95. The van der Waals surface area contributed by atoms with Crippen LogP contribution in [0.4, 0.5) is 10.1 Å². The largest absolute Gasteiger partial charge is 0.333 e. The molecule has 3 rings (SSSR count). The zero-order valence-electron chi connectivity index (χ0n) is 12.4. The third-order valence-electron chi connectivity index (χ3n) is 3.27. The molecule has 0 saturated heterocycles. The fourth-order valence-electron chi connectivity index (χ4n) is 2.06. The molecule has 1 unspecified atom stereocenters. The smallest absolute Gasteiger partial charge is 0.237 e. The van der Waals surface area contributed by atoms with Crippen molar-refractivity contribution in [1.29, 1.82) is 0 Å². The van der Waals surface area contributed by atoms with Gasteiger partial charge >= 0.3 is 0 Å². The van der Waals surface area contributed by atoms with Crippen molar-refractivity contribution in [3.63, 3.8) is 0 Å². The van der Waals surface area contributed by atoms with Gasteiger partial charge in [0.2, 0.25) is 5.91 Å². The molecule has 0 aliphatic carbocycles. The van der Waals surface area contributed by atoms with Crippen molar-refractivity contribution in [2.45, 2.75) is 17.3 Å². The lowest BCUT2D eigenvalue weighted by Crippen LogP contribution is -2.22. The molecule has 1 amide bonds. The van der Waals surface area contributed by atoms with E-state index >= 15 is 0 Å². The Hall–Kier alpha value is -1.76. The van der Waals surface area contributed by atoms with Gasteiger partial charge in [-0.05, 0) is 43.3 Å². The molecule has 0 radical (unpaired) electrons. The highest BCUT2D eigenvalue weighted by molar-refractivity contribution is 8.00. The van der Waals surface area contributed by atoms with Gasteiger partial charge in [0.05, 0.1) is 27.0 Å². The number of fused-ring (bicyclic) bond motifs is 1. The molecule has 0 fully saturated rings. The molecular formula is C16H12Cl2FN3OS. The molecule has 4 nitrogen and oxygen atoms in total. The highest BCUT2D eigenvalue weighted by Gasteiger charge is 2.18.